The van der Waals surface area contributed by atoms with Crippen molar-refractivity contribution < 1.29 is 0 Å². The van der Waals surface area contributed by atoms with Gasteiger partial charge in [0, 0.05) is 12.3 Å². The minimum atomic E-state index is 0.589. The molecule has 1 fully saturated rings. The van der Waals surface area contributed by atoms with Crippen molar-refractivity contribution in [3.8, 4) is 0 Å². The summed E-state index contributed by atoms with van der Waals surface area (Å²) in [4.78, 5) is 4.43. The summed E-state index contributed by atoms with van der Waals surface area (Å²) in [6, 6.07) is 0. The van der Waals surface area contributed by atoms with Gasteiger partial charge in [-0.05, 0) is 24.7 Å². The van der Waals surface area contributed by atoms with Crippen LogP contribution in [0.2, 0.25) is 0 Å². The average molecular weight is 212 g/mol. The topological polar surface area (TPSA) is 24.4 Å². The van der Waals surface area contributed by atoms with Crippen LogP contribution in [0.15, 0.2) is 4.99 Å². The fraction of sp³-hybridized carbons (Fsp3) is 0.909. The van der Waals surface area contributed by atoms with Gasteiger partial charge in [0.25, 0.3) is 0 Å². The van der Waals surface area contributed by atoms with Crippen molar-refractivity contribution in [1.29, 1.82) is 0 Å². The normalized spacial score (nSPS) is 25.1. The minimum Gasteiger partial charge on any atom is -0.364 e. The molecule has 2 aliphatic rings. The summed E-state index contributed by atoms with van der Waals surface area (Å²) in [5.74, 6) is 1.17. The van der Waals surface area contributed by atoms with Crippen molar-refractivity contribution in [2.45, 2.75) is 39.0 Å². The largest absolute Gasteiger partial charge is 0.364 e. The quantitative estimate of drug-likeness (QED) is 0.778. The number of aliphatic imine (C=N–C) groups is 1. The summed E-state index contributed by atoms with van der Waals surface area (Å²) in [6.07, 6.45) is 6.99. The molecule has 0 spiro atoms. The first-order chi connectivity index (χ1) is 6.85. The van der Waals surface area contributed by atoms with Crippen molar-refractivity contribution in [3.63, 3.8) is 0 Å². The van der Waals surface area contributed by atoms with E-state index in [-0.39, 0.29) is 0 Å². The van der Waals surface area contributed by atoms with Crippen LogP contribution in [0.4, 0.5) is 0 Å². The monoisotopic (exact) mass is 212 g/mol. The predicted octanol–water partition coefficient (Wildman–Crippen LogP) is 2.65. The SMILES string of the molecule is CCC1(CNC2=NCCS2)CCCC1. The van der Waals surface area contributed by atoms with E-state index in [2.05, 4.69) is 17.2 Å². The molecule has 3 heteroatoms. The van der Waals surface area contributed by atoms with Gasteiger partial charge < -0.3 is 5.32 Å². The van der Waals surface area contributed by atoms with Gasteiger partial charge in [0.2, 0.25) is 0 Å². The van der Waals surface area contributed by atoms with Crippen molar-refractivity contribution in [3.05, 3.63) is 0 Å². The van der Waals surface area contributed by atoms with E-state index in [0.717, 1.165) is 13.1 Å². The second-order valence-corrected chi connectivity index (χ2v) is 5.53. The van der Waals surface area contributed by atoms with Crippen molar-refractivity contribution in [2.75, 3.05) is 18.8 Å². The molecule has 2 rings (SSSR count). The maximum absolute atomic E-state index is 4.43. The van der Waals surface area contributed by atoms with Crippen molar-refractivity contribution in [2.24, 2.45) is 10.4 Å². The molecule has 0 saturated heterocycles. The van der Waals surface area contributed by atoms with Gasteiger partial charge in [-0.2, -0.15) is 0 Å². The molecule has 80 valence electrons. The Morgan fingerprint density at radius 3 is 2.79 bits per heavy atom. The molecule has 1 heterocycles. The molecule has 14 heavy (non-hydrogen) atoms. The molecule has 1 N–H and O–H groups in total. The van der Waals surface area contributed by atoms with E-state index in [1.807, 2.05) is 11.8 Å². The lowest BCUT2D eigenvalue weighted by atomic mass is 9.83. The van der Waals surface area contributed by atoms with Crippen LogP contribution in [0.3, 0.4) is 0 Å². The number of hydrogen-bond donors (Lipinski definition) is 1. The van der Waals surface area contributed by atoms with Gasteiger partial charge in [-0.1, -0.05) is 31.5 Å². The number of rotatable bonds is 3. The van der Waals surface area contributed by atoms with E-state index in [1.54, 1.807) is 0 Å². The van der Waals surface area contributed by atoms with Crippen LogP contribution >= 0.6 is 11.8 Å². The van der Waals surface area contributed by atoms with Crippen LogP contribution < -0.4 is 5.32 Å². The van der Waals surface area contributed by atoms with Crippen LogP contribution in [0.5, 0.6) is 0 Å². The number of amidine groups is 1. The Bertz CT molecular complexity index is 219. The number of nitrogens with one attached hydrogen (secondary N) is 1. The average Bonchev–Trinajstić information content (AvgIpc) is 2.87. The van der Waals surface area contributed by atoms with Crippen LogP contribution in [-0.4, -0.2) is 24.0 Å². The Hall–Kier alpha value is -0.180. The van der Waals surface area contributed by atoms with E-state index in [4.69, 9.17) is 0 Å². The predicted molar refractivity (Wildman–Crippen MR) is 64.0 cm³/mol. The lowest BCUT2D eigenvalue weighted by Crippen LogP contribution is -2.33. The second-order valence-electron chi connectivity index (χ2n) is 4.45. The standard InChI is InChI=1S/C11H20N2S/c1-2-11(5-3-4-6-11)9-13-10-12-7-8-14-10/h2-9H2,1H3,(H,12,13). The zero-order valence-corrected chi connectivity index (χ0v) is 9.83. The van der Waals surface area contributed by atoms with Gasteiger partial charge in [-0.15, -0.1) is 0 Å². The maximum Gasteiger partial charge on any atom is 0.156 e. The Kier molecular flexibility index (Phi) is 3.37. The first-order valence-corrected chi connectivity index (χ1v) is 6.74. The molecule has 0 radical (unpaired) electrons. The Balaban J connectivity index is 1.82. The summed E-state index contributed by atoms with van der Waals surface area (Å²) in [5, 5.41) is 4.71. The first kappa shape index (κ1) is 10.3. The summed E-state index contributed by atoms with van der Waals surface area (Å²) >= 11 is 1.87. The van der Waals surface area contributed by atoms with E-state index in [1.165, 1.54) is 43.0 Å². The van der Waals surface area contributed by atoms with Gasteiger partial charge in [0.15, 0.2) is 5.17 Å². The summed E-state index contributed by atoms with van der Waals surface area (Å²) in [6.45, 7) is 4.48. The van der Waals surface area contributed by atoms with E-state index in [0.29, 0.717) is 5.41 Å². The van der Waals surface area contributed by atoms with Crippen LogP contribution in [0.1, 0.15) is 39.0 Å². The summed E-state index contributed by atoms with van der Waals surface area (Å²) < 4.78 is 0. The smallest absolute Gasteiger partial charge is 0.156 e. The van der Waals surface area contributed by atoms with Crippen molar-refractivity contribution >= 4 is 16.9 Å². The molecular formula is C11H20N2S. The number of thioether (sulfide) groups is 1. The zero-order valence-electron chi connectivity index (χ0n) is 9.01. The third kappa shape index (κ3) is 2.25. The van der Waals surface area contributed by atoms with E-state index in [9.17, 15) is 0 Å². The van der Waals surface area contributed by atoms with Crippen molar-refractivity contribution in [1.82, 2.24) is 5.32 Å². The Labute approximate surface area is 90.9 Å². The Morgan fingerprint density at radius 2 is 2.21 bits per heavy atom. The molecule has 1 aliphatic carbocycles. The molecule has 0 amide bonds. The highest BCUT2D eigenvalue weighted by Crippen LogP contribution is 2.40. The third-order valence-electron chi connectivity index (χ3n) is 3.61. The minimum absolute atomic E-state index is 0.589. The molecule has 0 aromatic rings. The Morgan fingerprint density at radius 1 is 1.43 bits per heavy atom. The first-order valence-electron chi connectivity index (χ1n) is 5.76. The van der Waals surface area contributed by atoms with Crippen LogP contribution in [-0.2, 0) is 0 Å². The lowest BCUT2D eigenvalue weighted by Gasteiger charge is -2.27. The van der Waals surface area contributed by atoms with Crippen LogP contribution in [0.25, 0.3) is 0 Å². The summed E-state index contributed by atoms with van der Waals surface area (Å²) in [5.41, 5.74) is 0.589. The molecule has 1 saturated carbocycles. The zero-order chi connectivity index (χ0) is 9.86. The molecule has 0 bridgehead atoms. The van der Waals surface area contributed by atoms with Gasteiger partial charge in [-0.25, -0.2) is 0 Å². The fourth-order valence-corrected chi connectivity index (χ4v) is 3.22. The highest BCUT2D eigenvalue weighted by molar-refractivity contribution is 8.14. The van der Waals surface area contributed by atoms with Gasteiger partial charge in [0.05, 0.1) is 6.54 Å². The molecule has 2 nitrogen and oxygen atoms in total. The van der Waals surface area contributed by atoms with E-state index < -0.39 is 0 Å². The molecule has 0 atom stereocenters. The molecule has 1 aliphatic heterocycles. The molecule has 0 aromatic heterocycles. The van der Waals surface area contributed by atoms with Gasteiger partial charge in [0.1, 0.15) is 0 Å². The number of nitrogens with zero attached hydrogens (tertiary/aromatic N) is 1. The second kappa shape index (κ2) is 4.56. The lowest BCUT2D eigenvalue weighted by molar-refractivity contribution is 0.285. The summed E-state index contributed by atoms with van der Waals surface area (Å²) in [7, 11) is 0. The maximum atomic E-state index is 4.43. The van der Waals surface area contributed by atoms with Crippen LogP contribution in [0, 0.1) is 5.41 Å². The van der Waals surface area contributed by atoms with Gasteiger partial charge >= 0.3 is 0 Å². The fourth-order valence-electron chi connectivity index (χ4n) is 2.49. The number of hydrogen-bond acceptors (Lipinski definition) is 3. The highest BCUT2D eigenvalue weighted by Gasteiger charge is 2.32. The molecule has 0 unspecified atom stereocenters. The third-order valence-corrected chi connectivity index (χ3v) is 4.55. The molecule has 0 aromatic carbocycles. The molecular weight excluding hydrogens is 192 g/mol. The highest BCUT2D eigenvalue weighted by atomic mass is 32.2. The van der Waals surface area contributed by atoms with E-state index >= 15 is 0 Å². The van der Waals surface area contributed by atoms with Gasteiger partial charge in [-0.3, -0.25) is 4.99 Å².